The van der Waals surface area contributed by atoms with Gasteiger partial charge in [-0.1, -0.05) is 25.1 Å². The lowest BCUT2D eigenvalue weighted by molar-refractivity contribution is 0.102. The van der Waals surface area contributed by atoms with Crippen LogP contribution in [0.2, 0.25) is 0 Å². The molecule has 2 heterocycles. The molecule has 7 nitrogen and oxygen atoms in total. The predicted octanol–water partition coefficient (Wildman–Crippen LogP) is 3.76. The summed E-state index contributed by atoms with van der Waals surface area (Å²) in [5, 5.41) is 6.06. The molecular weight excluding hydrogens is 344 g/mol. The van der Waals surface area contributed by atoms with Gasteiger partial charge < -0.3 is 20.1 Å². The van der Waals surface area contributed by atoms with Gasteiger partial charge in [0.1, 0.15) is 17.8 Å². The maximum absolute atomic E-state index is 12.6. The van der Waals surface area contributed by atoms with E-state index in [4.69, 9.17) is 9.47 Å². The topological polar surface area (TPSA) is 85.4 Å². The van der Waals surface area contributed by atoms with Gasteiger partial charge in [0, 0.05) is 23.5 Å². The minimum absolute atomic E-state index is 0.218. The Morgan fingerprint density at radius 2 is 1.93 bits per heavy atom. The molecule has 0 bridgehead atoms. The van der Waals surface area contributed by atoms with Crippen molar-refractivity contribution in [2.45, 2.75) is 13.3 Å². The molecule has 1 aliphatic rings. The number of para-hydroxylation sites is 1. The molecule has 0 aliphatic carbocycles. The second-order valence-electron chi connectivity index (χ2n) is 5.95. The van der Waals surface area contributed by atoms with E-state index in [1.165, 1.54) is 6.33 Å². The summed E-state index contributed by atoms with van der Waals surface area (Å²) in [7, 11) is 0. The van der Waals surface area contributed by atoms with Crippen LogP contribution in [-0.4, -0.2) is 22.7 Å². The van der Waals surface area contributed by atoms with Crippen LogP contribution in [0.25, 0.3) is 0 Å². The lowest BCUT2D eigenvalue weighted by Gasteiger charge is -2.10. The molecule has 0 fully saturated rings. The summed E-state index contributed by atoms with van der Waals surface area (Å²) in [6.45, 7) is 2.26. The molecule has 0 saturated heterocycles. The van der Waals surface area contributed by atoms with Crippen molar-refractivity contribution in [1.29, 1.82) is 0 Å². The first-order valence-corrected chi connectivity index (χ1v) is 8.61. The third kappa shape index (κ3) is 3.67. The van der Waals surface area contributed by atoms with Gasteiger partial charge >= 0.3 is 0 Å². The number of aryl methyl sites for hydroxylation is 1. The van der Waals surface area contributed by atoms with E-state index in [0.717, 1.165) is 23.4 Å². The summed E-state index contributed by atoms with van der Waals surface area (Å²) in [6.07, 6.45) is 2.19. The number of benzene rings is 2. The second kappa shape index (κ2) is 7.33. The maximum Gasteiger partial charge on any atom is 0.274 e. The average molecular weight is 362 g/mol. The molecule has 3 aromatic rings. The summed E-state index contributed by atoms with van der Waals surface area (Å²) in [4.78, 5) is 20.8. The number of carbonyl (C=O) groups is 1. The molecule has 0 atom stereocenters. The zero-order chi connectivity index (χ0) is 18.6. The molecule has 0 saturated carbocycles. The number of nitrogens with zero attached hydrogens (tertiary/aromatic N) is 2. The van der Waals surface area contributed by atoms with Gasteiger partial charge in [0.15, 0.2) is 11.5 Å². The Labute approximate surface area is 156 Å². The van der Waals surface area contributed by atoms with Gasteiger partial charge in [-0.2, -0.15) is 0 Å². The Kier molecular flexibility index (Phi) is 4.57. The van der Waals surface area contributed by atoms with Crippen molar-refractivity contribution in [3.63, 3.8) is 0 Å². The third-order valence-corrected chi connectivity index (χ3v) is 4.19. The number of amides is 1. The van der Waals surface area contributed by atoms with Crippen LogP contribution in [0.5, 0.6) is 11.5 Å². The summed E-state index contributed by atoms with van der Waals surface area (Å²) in [5.74, 6) is 1.60. The number of hydrogen-bond donors (Lipinski definition) is 2. The number of carbonyl (C=O) groups excluding carboxylic acids is 1. The van der Waals surface area contributed by atoms with Gasteiger partial charge in [0.2, 0.25) is 6.79 Å². The quantitative estimate of drug-likeness (QED) is 0.719. The molecular formula is C20H18N4O3. The number of fused-ring (bicyclic) bond motifs is 1. The van der Waals surface area contributed by atoms with Gasteiger partial charge in [-0.25, -0.2) is 9.97 Å². The molecule has 1 aromatic heterocycles. The average Bonchev–Trinajstić information content (AvgIpc) is 3.16. The normalized spacial score (nSPS) is 11.9. The molecule has 2 N–H and O–H groups in total. The van der Waals surface area contributed by atoms with Crippen LogP contribution in [0.4, 0.5) is 17.2 Å². The van der Waals surface area contributed by atoms with Crippen LogP contribution in [0, 0.1) is 0 Å². The molecule has 7 heteroatoms. The lowest BCUT2D eigenvalue weighted by atomic mass is 10.1. The fourth-order valence-corrected chi connectivity index (χ4v) is 2.81. The van der Waals surface area contributed by atoms with Gasteiger partial charge in [-0.3, -0.25) is 4.79 Å². The molecule has 2 aromatic carbocycles. The zero-order valence-corrected chi connectivity index (χ0v) is 14.7. The fourth-order valence-electron chi connectivity index (χ4n) is 2.81. The Bertz CT molecular complexity index is 990. The molecule has 0 spiro atoms. The van der Waals surface area contributed by atoms with Crippen LogP contribution >= 0.6 is 0 Å². The number of ether oxygens (including phenoxy) is 2. The van der Waals surface area contributed by atoms with Gasteiger partial charge in [-0.15, -0.1) is 0 Å². The van der Waals surface area contributed by atoms with Crippen LogP contribution in [0.15, 0.2) is 54.9 Å². The predicted molar refractivity (Wildman–Crippen MR) is 102 cm³/mol. The van der Waals surface area contributed by atoms with Gasteiger partial charge in [0.05, 0.1) is 0 Å². The van der Waals surface area contributed by atoms with E-state index >= 15 is 0 Å². The van der Waals surface area contributed by atoms with Crippen molar-refractivity contribution >= 4 is 23.1 Å². The largest absolute Gasteiger partial charge is 0.454 e. The summed E-state index contributed by atoms with van der Waals surface area (Å²) >= 11 is 0. The minimum Gasteiger partial charge on any atom is -0.454 e. The first-order chi connectivity index (χ1) is 13.2. The number of rotatable bonds is 5. The first-order valence-electron chi connectivity index (χ1n) is 8.61. The summed E-state index contributed by atoms with van der Waals surface area (Å²) in [6, 6.07) is 14.8. The number of hydrogen-bond acceptors (Lipinski definition) is 6. The van der Waals surface area contributed by atoms with E-state index in [0.29, 0.717) is 17.3 Å². The van der Waals surface area contributed by atoms with Gasteiger partial charge in [0.25, 0.3) is 5.91 Å². The highest BCUT2D eigenvalue weighted by atomic mass is 16.7. The molecule has 27 heavy (non-hydrogen) atoms. The highest BCUT2D eigenvalue weighted by Gasteiger charge is 2.14. The van der Waals surface area contributed by atoms with Crippen molar-refractivity contribution in [2.24, 2.45) is 0 Å². The van der Waals surface area contributed by atoms with Gasteiger partial charge in [-0.05, 0) is 30.2 Å². The Morgan fingerprint density at radius 3 is 2.81 bits per heavy atom. The van der Waals surface area contributed by atoms with Crippen LogP contribution in [-0.2, 0) is 6.42 Å². The van der Waals surface area contributed by atoms with E-state index in [-0.39, 0.29) is 18.4 Å². The fraction of sp³-hybridized carbons (Fsp3) is 0.150. The summed E-state index contributed by atoms with van der Waals surface area (Å²) < 4.78 is 10.7. The van der Waals surface area contributed by atoms with Crippen LogP contribution in [0.3, 0.4) is 0 Å². The van der Waals surface area contributed by atoms with Crippen molar-refractivity contribution in [3.05, 3.63) is 66.1 Å². The van der Waals surface area contributed by atoms with E-state index < -0.39 is 0 Å². The molecule has 1 amide bonds. The van der Waals surface area contributed by atoms with Crippen molar-refractivity contribution in [1.82, 2.24) is 9.97 Å². The zero-order valence-electron chi connectivity index (χ0n) is 14.7. The third-order valence-electron chi connectivity index (χ3n) is 4.19. The van der Waals surface area contributed by atoms with E-state index in [2.05, 4.69) is 20.6 Å². The smallest absolute Gasteiger partial charge is 0.274 e. The van der Waals surface area contributed by atoms with E-state index in [9.17, 15) is 4.79 Å². The minimum atomic E-state index is -0.285. The van der Waals surface area contributed by atoms with Crippen molar-refractivity contribution in [2.75, 3.05) is 17.4 Å². The maximum atomic E-state index is 12.6. The van der Waals surface area contributed by atoms with Crippen LogP contribution < -0.4 is 20.1 Å². The Hall–Kier alpha value is -3.61. The van der Waals surface area contributed by atoms with Crippen molar-refractivity contribution in [3.8, 4) is 11.5 Å². The Balaban J connectivity index is 1.51. The molecule has 1 aliphatic heterocycles. The number of nitrogens with one attached hydrogen (secondary N) is 2. The monoisotopic (exact) mass is 362 g/mol. The Morgan fingerprint density at radius 1 is 1.07 bits per heavy atom. The molecule has 136 valence electrons. The molecule has 0 unspecified atom stereocenters. The second-order valence-corrected chi connectivity index (χ2v) is 5.95. The number of aromatic nitrogens is 2. The van der Waals surface area contributed by atoms with E-state index in [1.807, 2.05) is 49.4 Å². The SMILES string of the molecule is CCc1ccccc1NC(=O)c1cc(Nc2ccc3c(c2)OCO3)ncn1. The summed E-state index contributed by atoms with van der Waals surface area (Å²) in [5.41, 5.74) is 2.91. The highest BCUT2D eigenvalue weighted by Crippen LogP contribution is 2.34. The first kappa shape index (κ1) is 16.8. The standard InChI is InChI=1S/C20H18N4O3/c1-2-13-5-3-4-6-15(13)24-20(25)16-10-19(22-11-21-16)23-14-7-8-17-18(9-14)27-12-26-17/h3-11H,2,12H2,1H3,(H,24,25)(H,21,22,23). The van der Waals surface area contributed by atoms with Crippen LogP contribution in [0.1, 0.15) is 23.0 Å². The highest BCUT2D eigenvalue weighted by molar-refractivity contribution is 6.03. The van der Waals surface area contributed by atoms with E-state index in [1.54, 1.807) is 6.07 Å². The lowest BCUT2D eigenvalue weighted by Crippen LogP contribution is -2.15. The molecule has 4 rings (SSSR count). The number of anilines is 3. The molecule has 0 radical (unpaired) electrons. The van der Waals surface area contributed by atoms with Crippen molar-refractivity contribution < 1.29 is 14.3 Å².